The Morgan fingerprint density at radius 2 is 1.60 bits per heavy atom. The number of rotatable bonds is 5. The Labute approximate surface area is 187 Å². The van der Waals surface area contributed by atoms with E-state index >= 15 is 0 Å². The van der Waals surface area contributed by atoms with E-state index in [1.165, 1.54) is 19.2 Å². The maximum Gasteiger partial charge on any atom is 0.413 e. The van der Waals surface area contributed by atoms with Gasteiger partial charge in [-0.3, -0.25) is 4.79 Å². The molecule has 1 aromatic rings. The SMILES string of the molecule is CN(C(=O)C1(O[Si](C)(C)C(C)(C)C)CCCCC1)[C@@H](c1ccc(Br)cc1)C(F)(F)F. The van der Waals surface area contributed by atoms with Crippen LogP contribution in [-0.4, -0.2) is 37.9 Å². The number of hydrogen-bond donors (Lipinski definition) is 0. The molecule has 0 unspecified atom stereocenters. The summed E-state index contributed by atoms with van der Waals surface area (Å²) in [4.78, 5) is 14.5. The van der Waals surface area contributed by atoms with Crippen LogP contribution in [0.4, 0.5) is 13.2 Å². The van der Waals surface area contributed by atoms with Crippen LogP contribution in [0.15, 0.2) is 28.7 Å². The zero-order chi connectivity index (χ0) is 23.0. The summed E-state index contributed by atoms with van der Waals surface area (Å²) in [5.41, 5.74) is -1.14. The van der Waals surface area contributed by atoms with E-state index in [2.05, 4.69) is 36.7 Å². The lowest BCUT2D eigenvalue weighted by Gasteiger charge is -2.48. The minimum Gasteiger partial charge on any atom is -0.403 e. The number of amides is 1. The molecular formula is C22H33BrF3NO2Si. The van der Waals surface area contributed by atoms with Crippen LogP contribution in [0.2, 0.25) is 18.1 Å². The molecule has 2 rings (SSSR count). The number of carbonyl (C=O) groups excluding carboxylic acids is 1. The van der Waals surface area contributed by atoms with Crippen LogP contribution in [0.1, 0.15) is 64.5 Å². The van der Waals surface area contributed by atoms with Crippen LogP contribution >= 0.6 is 15.9 Å². The van der Waals surface area contributed by atoms with Gasteiger partial charge in [0.25, 0.3) is 5.91 Å². The first-order chi connectivity index (χ1) is 13.6. The molecule has 1 saturated carbocycles. The molecule has 0 bridgehead atoms. The van der Waals surface area contributed by atoms with Gasteiger partial charge in [-0.05, 0) is 48.7 Å². The number of benzene rings is 1. The van der Waals surface area contributed by atoms with Crippen molar-refractivity contribution in [3.05, 3.63) is 34.3 Å². The van der Waals surface area contributed by atoms with Crippen molar-refractivity contribution in [2.45, 2.75) is 88.8 Å². The largest absolute Gasteiger partial charge is 0.413 e. The third kappa shape index (κ3) is 5.48. The fourth-order valence-corrected chi connectivity index (χ4v) is 5.68. The van der Waals surface area contributed by atoms with Gasteiger partial charge in [-0.2, -0.15) is 13.2 Å². The Balaban J connectivity index is 2.45. The van der Waals surface area contributed by atoms with Crippen LogP contribution < -0.4 is 0 Å². The normalized spacial score (nSPS) is 18.7. The minimum absolute atomic E-state index is 0.0415. The first-order valence-corrected chi connectivity index (χ1v) is 14.1. The quantitative estimate of drug-likeness (QED) is 0.393. The molecule has 0 N–H and O–H groups in total. The molecule has 3 nitrogen and oxygen atoms in total. The van der Waals surface area contributed by atoms with Gasteiger partial charge in [0.1, 0.15) is 5.60 Å². The zero-order valence-corrected chi connectivity index (χ0v) is 21.3. The summed E-state index contributed by atoms with van der Waals surface area (Å²) in [6.07, 6.45) is -1.13. The molecule has 0 aliphatic heterocycles. The predicted molar refractivity (Wildman–Crippen MR) is 120 cm³/mol. The molecule has 0 aromatic heterocycles. The standard InChI is InChI=1S/C22H33BrF3NO2Si/c1-20(2,3)30(5,6)29-21(14-8-7-9-15-21)19(28)27(4)18(22(24,25)26)16-10-12-17(23)13-11-16/h10-13,18H,7-9,14-15H2,1-6H3/t18-/m0/s1. The minimum atomic E-state index is -4.59. The lowest BCUT2D eigenvalue weighted by atomic mass is 9.83. The van der Waals surface area contributed by atoms with Gasteiger partial charge in [-0.25, -0.2) is 0 Å². The summed E-state index contributed by atoms with van der Waals surface area (Å²) in [6, 6.07) is 3.94. The van der Waals surface area contributed by atoms with E-state index in [1.54, 1.807) is 12.1 Å². The lowest BCUT2D eigenvalue weighted by Crippen LogP contribution is -2.59. The summed E-state index contributed by atoms with van der Waals surface area (Å²) in [5, 5.41) is -0.147. The van der Waals surface area contributed by atoms with Crippen molar-refractivity contribution in [1.29, 1.82) is 0 Å². The molecule has 1 aromatic carbocycles. The van der Waals surface area contributed by atoms with Crippen molar-refractivity contribution in [1.82, 2.24) is 4.90 Å². The van der Waals surface area contributed by atoms with Crippen LogP contribution in [0.5, 0.6) is 0 Å². The Morgan fingerprint density at radius 3 is 2.03 bits per heavy atom. The van der Waals surface area contributed by atoms with Crippen molar-refractivity contribution >= 4 is 30.2 Å². The monoisotopic (exact) mass is 507 g/mol. The van der Waals surface area contributed by atoms with Crippen LogP contribution in [0.25, 0.3) is 0 Å². The number of halogens is 4. The van der Waals surface area contributed by atoms with Gasteiger partial charge in [0.15, 0.2) is 14.4 Å². The molecule has 8 heteroatoms. The highest BCUT2D eigenvalue weighted by Crippen LogP contribution is 2.46. The predicted octanol–water partition coefficient (Wildman–Crippen LogP) is 7.24. The van der Waals surface area contributed by atoms with E-state index in [0.29, 0.717) is 17.3 Å². The number of carbonyl (C=O) groups is 1. The Morgan fingerprint density at radius 1 is 1.10 bits per heavy atom. The summed E-state index contributed by atoms with van der Waals surface area (Å²) in [5.74, 6) is -0.558. The van der Waals surface area contributed by atoms with E-state index in [-0.39, 0.29) is 10.6 Å². The second-order valence-electron chi connectivity index (χ2n) is 9.83. The molecule has 170 valence electrons. The third-order valence-corrected chi connectivity index (χ3v) is 11.6. The maximum absolute atomic E-state index is 14.1. The van der Waals surface area contributed by atoms with Crippen molar-refractivity contribution < 1.29 is 22.4 Å². The van der Waals surface area contributed by atoms with Gasteiger partial charge in [-0.15, -0.1) is 0 Å². The summed E-state index contributed by atoms with van der Waals surface area (Å²) in [7, 11) is -1.12. The van der Waals surface area contributed by atoms with Gasteiger partial charge >= 0.3 is 6.18 Å². The lowest BCUT2D eigenvalue weighted by molar-refractivity contribution is -0.197. The fourth-order valence-electron chi connectivity index (χ4n) is 3.84. The average Bonchev–Trinajstić information content (AvgIpc) is 2.61. The number of hydrogen-bond acceptors (Lipinski definition) is 2. The van der Waals surface area contributed by atoms with Crippen LogP contribution in [-0.2, 0) is 9.22 Å². The topological polar surface area (TPSA) is 29.5 Å². The molecule has 30 heavy (non-hydrogen) atoms. The Hall–Kier alpha value is -0.863. The highest BCUT2D eigenvalue weighted by molar-refractivity contribution is 9.10. The second-order valence-corrected chi connectivity index (χ2v) is 15.5. The van der Waals surface area contributed by atoms with Crippen LogP contribution in [0.3, 0.4) is 0 Å². The maximum atomic E-state index is 14.1. The van der Waals surface area contributed by atoms with Crippen molar-refractivity contribution in [2.75, 3.05) is 7.05 Å². The number of likely N-dealkylation sites (N-methyl/N-ethyl adjacent to an activating group) is 1. The van der Waals surface area contributed by atoms with Crippen molar-refractivity contribution in [2.24, 2.45) is 0 Å². The first-order valence-electron chi connectivity index (χ1n) is 10.4. The highest BCUT2D eigenvalue weighted by atomic mass is 79.9. The Bertz CT molecular complexity index is 738. The number of alkyl halides is 3. The van der Waals surface area contributed by atoms with Gasteiger partial charge in [0.05, 0.1) is 0 Å². The second kappa shape index (κ2) is 8.94. The molecule has 1 fully saturated rings. The number of nitrogens with zero attached hydrogens (tertiary/aromatic N) is 1. The molecule has 1 aliphatic carbocycles. The van der Waals surface area contributed by atoms with E-state index in [9.17, 15) is 18.0 Å². The molecule has 0 radical (unpaired) electrons. The average molecular weight is 508 g/mol. The highest BCUT2D eigenvalue weighted by Gasteiger charge is 2.53. The molecule has 1 amide bonds. The van der Waals surface area contributed by atoms with Gasteiger partial charge in [-0.1, -0.05) is 68.1 Å². The molecule has 0 spiro atoms. The Kier molecular flexibility index (Phi) is 7.57. The third-order valence-electron chi connectivity index (χ3n) is 6.51. The van der Waals surface area contributed by atoms with E-state index in [1.807, 2.05) is 13.1 Å². The van der Waals surface area contributed by atoms with E-state index in [0.717, 1.165) is 24.2 Å². The van der Waals surface area contributed by atoms with Gasteiger partial charge < -0.3 is 9.33 Å². The molecule has 1 aliphatic rings. The summed E-state index contributed by atoms with van der Waals surface area (Å²) in [6.45, 7) is 10.3. The van der Waals surface area contributed by atoms with E-state index in [4.69, 9.17) is 4.43 Å². The first kappa shape index (κ1) is 25.4. The molecule has 1 atom stereocenters. The summed E-state index contributed by atoms with van der Waals surface area (Å²) < 4.78 is 49.6. The molecule has 0 saturated heterocycles. The van der Waals surface area contributed by atoms with E-state index < -0.39 is 32.0 Å². The van der Waals surface area contributed by atoms with Crippen LogP contribution in [0, 0.1) is 0 Å². The van der Waals surface area contributed by atoms with Gasteiger partial charge in [0.2, 0.25) is 0 Å². The zero-order valence-electron chi connectivity index (χ0n) is 18.7. The molecular weight excluding hydrogens is 475 g/mol. The summed E-state index contributed by atoms with van der Waals surface area (Å²) >= 11 is 3.26. The fraction of sp³-hybridized carbons (Fsp3) is 0.682. The van der Waals surface area contributed by atoms with Crippen molar-refractivity contribution in [3.63, 3.8) is 0 Å². The van der Waals surface area contributed by atoms with Gasteiger partial charge in [0, 0.05) is 11.5 Å². The van der Waals surface area contributed by atoms with Crippen molar-refractivity contribution in [3.8, 4) is 0 Å². The smallest absolute Gasteiger partial charge is 0.403 e. The molecule has 0 heterocycles.